The van der Waals surface area contributed by atoms with E-state index in [0.29, 0.717) is 6.54 Å². The summed E-state index contributed by atoms with van der Waals surface area (Å²) >= 11 is 0. The van der Waals surface area contributed by atoms with E-state index in [-0.39, 0.29) is 5.82 Å². The van der Waals surface area contributed by atoms with E-state index in [1.165, 1.54) is 12.1 Å². The first kappa shape index (κ1) is 12.8. The first-order chi connectivity index (χ1) is 9.70. The van der Waals surface area contributed by atoms with Crippen LogP contribution in [-0.4, -0.2) is 4.98 Å². The van der Waals surface area contributed by atoms with Crippen LogP contribution in [0.2, 0.25) is 0 Å². The van der Waals surface area contributed by atoms with E-state index < -0.39 is 0 Å². The van der Waals surface area contributed by atoms with Crippen molar-refractivity contribution < 1.29 is 4.39 Å². The van der Waals surface area contributed by atoms with Crippen molar-refractivity contribution in [2.45, 2.75) is 13.5 Å². The molecule has 0 bridgehead atoms. The standard InChI is InChI=1S/C17H15FN2/c1-11-3-2-4-14-15(10-20-16(9-19)17(11)14)12-5-7-13(18)8-6-12/h2-8,10H,9,19H2,1H3. The first-order valence-corrected chi connectivity index (χ1v) is 6.54. The molecule has 0 atom stereocenters. The maximum atomic E-state index is 13.1. The van der Waals surface area contributed by atoms with Crippen molar-refractivity contribution in [3.63, 3.8) is 0 Å². The lowest BCUT2D eigenvalue weighted by atomic mass is 9.96. The molecular formula is C17H15FN2. The van der Waals surface area contributed by atoms with Crippen LogP contribution < -0.4 is 5.73 Å². The van der Waals surface area contributed by atoms with Crippen LogP contribution in [0.25, 0.3) is 21.9 Å². The molecule has 0 amide bonds. The summed E-state index contributed by atoms with van der Waals surface area (Å²) in [5.41, 5.74) is 9.78. The van der Waals surface area contributed by atoms with E-state index in [1.807, 2.05) is 12.3 Å². The number of nitrogens with zero attached hydrogens (tertiary/aromatic N) is 1. The lowest BCUT2D eigenvalue weighted by Crippen LogP contribution is -2.02. The molecule has 2 N–H and O–H groups in total. The van der Waals surface area contributed by atoms with Gasteiger partial charge in [0.05, 0.1) is 5.69 Å². The Morgan fingerprint density at radius 2 is 1.85 bits per heavy atom. The summed E-state index contributed by atoms with van der Waals surface area (Å²) in [5.74, 6) is -0.235. The Labute approximate surface area is 117 Å². The summed E-state index contributed by atoms with van der Waals surface area (Å²) in [6.45, 7) is 2.46. The van der Waals surface area contributed by atoms with Crippen LogP contribution in [0, 0.1) is 12.7 Å². The largest absolute Gasteiger partial charge is 0.325 e. The van der Waals surface area contributed by atoms with E-state index in [0.717, 1.165) is 33.2 Å². The van der Waals surface area contributed by atoms with Crippen LogP contribution in [0.3, 0.4) is 0 Å². The second-order valence-corrected chi connectivity index (χ2v) is 4.83. The van der Waals surface area contributed by atoms with Gasteiger partial charge in [-0.1, -0.05) is 30.3 Å². The maximum absolute atomic E-state index is 13.1. The van der Waals surface area contributed by atoms with Crippen molar-refractivity contribution in [1.82, 2.24) is 4.98 Å². The minimum atomic E-state index is -0.235. The Hall–Kier alpha value is -2.26. The van der Waals surface area contributed by atoms with Crippen molar-refractivity contribution in [2.24, 2.45) is 5.73 Å². The Balaban J connectivity index is 2.32. The van der Waals surface area contributed by atoms with Gasteiger partial charge in [-0.2, -0.15) is 0 Å². The Bertz CT molecular complexity index is 764. The molecule has 3 aromatic rings. The van der Waals surface area contributed by atoms with E-state index in [2.05, 4.69) is 24.0 Å². The van der Waals surface area contributed by atoms with Gasteiger partial charge in [0, 0.05) is 23.7 Å². The van der Waals surface area contributed by atoms with Gasteiger partial charge in [-0.3, -0.25) is 4.98 Å². The lowest BCUT2D eigenvalue weighted by Gasteiger charge is -2.12. The number of fused-ring (bicyclic) bond motifs is 1. The van der Waals surface area contributed by atoms with Crippen LogP contribution in [0.5, 0.6) is 0 Å². The zero-order chi connectivity index (χ0) is 14.1. The zero-order valence-corrected chi connectivity index (χ0v) is 11.2. The highest BCUT2D eigenvalue weighted by Crippen LogP contribution is 2.31. The molecule has 1 aromatic heterocycles. The molecule has 0 saturated heterocycles. The topological polar surface area (TPSA) is 38.9 Å². The highest BCUT2D eigenvalue weighted by atomic mass is 19.1. The third-order valence-electron chi connectivity index (χ3n) is 3.55. The van der Waals surface area contributed by atoms with Crippen LogP contribution in [0.15, 0.2) is 48.7 Å². The second-order valence-electron chi connectivity index (χ2n) is 4.83. The molecule has 2 aromatic carbocycles. The fourth-order valence-electron chi connectivity index (χ4n) is 2.57. The molecule has 0 aliphatic carbocycles. The molecule has 1 heterocycles. The average Bonchev–Trinajstić information content (AvgIpc) is 2.47. The third kappa shape index (κ3) is 2.06. The van der Waals surface area contributed by atoms with E-state index in [9.17, 15) is 4.39 Å². The van der Waals surface area contributed by atoms with Crippen molar-refractivity contribution in [2.75, 3.05) is 0 Å². The highest BCUT2D eigenvalue weighted by molar-refractivity contribution is 5.99. The van der Waals surface area contributed by atoms with Crippen molar-refractivity contribution in [3.8, 4) is 11.1 Å². The summed E-state index contributed by atoms with van der Waals surface area (Å²) in [7, 11) is 0. The normalized spacial score (nSPS) is 10.9. The molecule has 20 heavy (non-hydrogen) atoms. The Morgan fingerprint density at radius 1 is 1.10 bits per heavy atom. The quantitative estimate of drug-likeness (QED) is 0.766. The molecule has 100 valence electrons. The minimum Gasteiger partial charge on any atom is -0.325 e. The number of aromatic nitrogens is 1. The smallest absolute Gasteiger partial charge is 0.123 e. The summed E-state index contributed by atoms with van der Waals surface area (Å²) in [4.78, 5) is 4.47. The number of hydrogen-bond acceptors (Lipinski definition) is 2. The number of nitrogens with two attached hydrogens (primary N) is 1. The minimum absolute atomic E-state index is 0.235. The molecule has 0 aliphatic rings. The van der Waals surface area contributed by atoms with Gasteiger partial charge < -0.3 is 5.73 Å². The second kappa shape index (κ2) is 5.02. The zero-order valence-electron chi connectivity index (χ0n) is 11.2. The molecule has 0 unspecified atom stereocenters. The number of halogens is 1. The summed E-state index contributed by atoms with van der Waals surface area (Å²) < 4.78 is 13.1. The van der Waals surface area contributed by atoms with Gasteiger partial charge in [-0.15, -0.1) is 0 Å². The van der Waals surface area contributed by atoms with Crippen LogP contribution in [0.1, 0.15) is 11.3 Å². The molecular weight excluding hydrogens is 251 g/mol. The van der Waals surface area contributed by atoms with Crippen molar-refractivity contribution in [3.05, 3.63) is 65.7 Å². The SMILES string of the molecule is Cc1cccc2c(-c3ccc(F)cc3)cnc(CN)c12. The maximum Gasteiger partial charge on any atom is 0.123 e. The molecule has 0 fully saturated rings. The number of pyridine rings is 1. The van der Waals surface area contributed by atoms with Gasteiger partial charge in [-0.05, 0) is 35.6 Å². The van der Waals surface area contributed by atoms with Gasteiger partial charge in [-0.25, -0.2) is 4.39 Å². The van der Waals surface area contributed by atoms with Crippen LogP contribution in [0.4, 0.5) is 4.39 Å². The summed E-state index contributed by atoms with van der Waals surface area (Å²) in [6, 6.07) is 12.6. The van der Waals surface area contributed by atoms with Crippen LogP contribution in [-0.2, 0) is 6.54 Å². The predicted octanol–water partition coefficient (Wildman–Crippen LogP) is 3.81. The number of benzene rings is 2. The van der Waals surface area contributed by atoms with Gasteiger partial charge in [0.2, 0.25) is 0 Å². The van der Waals surface area contributed by atoms with Gasteiger partial charge in [0.25, 0.3) is 0 Å². The summed E-state index contributed by atoms with van der Waals surface area (Å²) in [5, 5.41) is 2.20. The van der Waals surface area contributed by atoms with E-state index in [4.69, 9.17) is 5.73 Å². The monoisotopic (exact) mass is 266 g/mol. The van der Waals surface area contributed by atoms with E-state index in [1.54, 1.807) is 12.1 Å². The van der Waals surface area contributed by atoms with Crippen molar-refractivity contribution >= 4 is 10.8 Å². The molecule has 0 radical (unpaired) electrons. The van der Waals surface area contributed by atoms with Gasteiger partial charge in [0.15, 0.2) is 0 Å². The van der Waals surface area contributed by atoms with Gasteiger partial charge in [0.1, 0.15) is 5.82 Å². The molecule has 0 spiro atoms. The molecule has 3 heteroatoms. The Kier molecular flexibility index (Phi) is 3.20. The number of aryl methyl sites for hydroxylation is 1. The molecule has 3 rings (SSSR count). The van der Waals surface area contributed by atoms with E-state index >= 15 is 0 Å². The third-order valence-corrected chi connectivity index (χ3v) is 3.55. The first-order valence-electron chi connectivity index (χ1n) is 6.54. The fourth-order valence-corrected chi connectivity index (χ4v) is 2.57. The summed E-state index contributed by atoms with van der Waals surface area (Å²) in [6.07, 6.45) is 1.82. The molecule has 0 saturated carbocycles. The van der Waals surface area contributed by atoms with Gasteiger partial charge >= 0.3 is 0 Å². The molecule has 2 nitrogen and oxygen atoms in total. The highest BCUT2D eigenvalue weighted by Gasteiger charge is 2.10. The van der Waals surface area contributed by atoms with Crippen molar-refractivity contribution in [1.29, 1.82) is 0 Å². The fraction of sp³-hybridized carbons (Fsp3) is 0.118. The average molecular weight is 266 g/mol. The lowest BCUT2D eigenvalue weighted by molar-refractivity contribution is 0.628. The van der Waals surface area contributed by atoms with Crippen LogP contribution >= 0.6 is 0 Å². The Morgan fingerprint density at radius 3 is 2.55 bits per heavy atom. The number of rotatable bonds is 2. The predicted molar refractivity (Wildman–Crippen MR) is 79.8 cm³/mol. The molecule has 0 aliphatic heterocycles. The number of hydrogen-bond donors (Lipinski definition) is 1.